The molecule has 1 unspecified atom stereocenters. The number of fused-ring (bicyclic) bond motifs is 1. The molecule has 3 heterocycles. The van der Waals surface area contributed by atoms with E-state index in [9.17, 15) is 4.39 Å². The molecule has 0 spiro atoms. The lowest BCUT2D eigenvalue weighted by atomic mass is 9.84. The molecule has 35 heavy (non-hydrogen) atoms. The summed E-state index contributed by atoms with van der Waals surface area (Å²) >= 11 is 0. The Morgan fingerprint density at radius 1 is 1.09 bits per heavy atom. The molecule has 1 aliphatic rings. The van der Waals surface area contributed by atoms with Crippen LogP contribution in [-0.2, 0) is 26.6 Å². The molecule has 1 fully saturated rings. The van der Waals surface area contributed by atoms with E-state index < -0.39 is 0 Å². The molecule has 0 amide bonds. The van der Waals surface area contributed by atoms with Crippen LogP contribution in [0, 0.1) is 18.7 Å². The van der Waals surface area contributed by atoms with Crippen LogP contribution in [0.4, 0.5) is 4.39 Å². The van der Waals surface area contributed by atoms with Crippen LogP contribution in [0.25, 0.3) is 10.9 Å². The number of nitrogens with one attached hydrogen (secondary N) is 1. The number of hydrogen-bond donors (Lipinski definition) is 1. The Hall–Kier alpha value is -2.96. The van der Waals surface area contributed by atoms with Crippen molar-refractivity contribution in [3.05, 3.63) is 89.1 Å². The molecular formula is C29H36FN5. The van der Waals surface area contributed by atoms with Crippen LogP contribution in [0.15, 0.2) is 60.8 Å². The molecule has 2 aromatic heterocycles. The predicted octanol–water partition coefficient (Wildman–Crippen LogP) is 5.30. The number of benzene rings is 2. The van der Waals surface area contributed by atoms with Crippen LogP contribution in [0.1, 0.15) is 35.4 Å². The van der Waals surface area contributed by atoms with E-state index in [0.717, 1.165) is 56.7 Å². The van der Waals surface area contributed by atoms with Gasteiger partial charge in [-0.25, -0.2) is 4.39 Å². The Morgan fingerprint density at radius 3 is 2.54 bits per heavy atom. The van der Waals surface area contributed by atoms with Crippen LogP contribution >= 0.6 is 0 Å². The Balaban J connectivity index is 1.28. The Labute approximate surface area is 207 Å². The minimum Gasteiger partial charge on any atom is -0.357 e. The SMILES string of the molecule is Cc1nn(C)cc1CN(C)C(Cc1ccccc1F)C1CCN(Cc2cc3ccccc3[nH]2)CC1. The highest BCUT2D eigenvalue weighted by Gasteiger charge is 2.30. The maximum Gasteiger partial charge on any atom is 0.126 e. The maximum absolute atomic E-state index is 14.6. The molecule has 4 aromatic rings. The molecule has 5 nitrogen and oxygen atoms in total. The number of likely N-dealkylation sites (tertiary alicyclic amines) is 1. The summed E-state index contributed by atoms with van der Waals surface area (Å²) in [5, 5.41) is 5.79. The lowest BCUT2D eigenvalue weighted by molar-refractivity contribution is 0.0944. The Morgan fingerprint density at radius 2 is 1.83 bits per heavy atom. The normalized spacial score (nSPS) is 16.4. The van der Waals surface area contributed by atoms with Crippen LogP contribution in [0.3, 0.4) is 0 Å². The summed E-state index contributed by atoms with van der Waals surface area (Å²) in [6.45, 7) is 5.97. The number of halogens is 1. The largest absolute Gasteiger partial charge is 0.357 e. The molecule has 1 atom stereocenters. The van der Waals surface area contributed by atoms with E-state index in [1.165, 1.54) is 22.2 Å². The third kappa shape index (κ3) is 5.49. The molecule has 0 radical (unpaired) electrons. The maximum atomic E-state index is 14.6. The summed E-state index contributed by atoms with van der Waals surface area (Å²) in [4.78, 5) is 8.54. The van der Waals surface area contributed by atoms with E-state index in [0.29, 0.717) is 5.92 Å². The van der Waals surface area contributed by atoms with E-state index in [2.05, 4.69) is 70.4 Å². The standard InChI is InChI=1S/C29H36FN5/c1-21-25(19-34(3)32-21)18-33(2)29(17-23-8-4-6-10-27(23)30)22-12-14-35(15-13-22)20-26-16-24-9-5-7-11-28(24)31-26/h4-11,16,19,22,29,31H,12-15,17-18,20H2,1-3H3. The summed E-state index contributed by atoms with van der Waals surface area (Å²) in [7, 11) is 4.16. The number of nitrogens with zero attached hydrogens (tertiary/aromatic N) is 4. The molecule has 0 saturated carbocycles. The smallest absolute Gasteiger partial charge is 0.126 e. The third-order valence-electron chi connectivity index (χ3n) is 7.64. The number of H-pyrrole nitrogens is 1. The van der Waals surface area contributed by atoms with Gasteiger partial charge >= 0.3 is 0 Å². The number of rotatable bonds is 8. The molecule has 1 saturated heterocycles. The van der Waals surface area contributed by atoms with E-state index in [1.807, 2.05) is 23.9 Å². The molecule has 5 rings (SSSR count). The number of hydrogen-bond acceptors (Lipinski definition) is 3. The highest BCUT2D eigenvalue weighted by molar-refractivity contribution is 5.80. The van der Waals surface area contributed by atoms with Gasteiger partial charge in [0.2, 0.25) is 0 Å². The molecule has 6 heteroatoms. The third-order valence-corrected chi connectivity index (χ3v) is 7.64. The summed E-state index contributed by atoms with van der Waals surface area (Å²) in [5.74, 6) is 0.426. The van der Waals surface area contributed by atoms with Gasteiger partial charge in [0.1, 0.15) is 5.82 Å². The van der Waals surface area contributed by atoms with Gasteiger partial charge in [-0.1, -0.05) is 36.4 Å². The highest BCUT2D eigenvalue weighted by Crippen LogP contribution is 2.29. The fourth-order valence-corrected chi connectivity index (χ4v) is 5.72. The van der Waals surface area contributed by atoms with Crippen LogP contribution < -0.4 is 0 Å². The van der Waals surface area contributed by atoms with Gasteiger partial charge in [-0.3, -0.25) is 14.5 Å². The lowest BCUT2D eigenvalue weighted by Crippen LogP contribution is -2.45. The second-order valence-electron chi connectivity index (χ2n) is 10.2. The summed E-state index contributed by atoms with van der Waals surface area (Å²) in [6.07, 6.45) is 5.08. The average Bonchev–Trinajstić information content (AvgIpc) is 3.40. The lowest BCUT2D eigenvalue weighted by Gasteiger charge is -2.40. The zero-order chi connectivity index (χ0) is 24.4. The summed E-state index contributed by atoms with van der Waals surface area (Å²) < 4.78 is 16.5. The number of aromatic nitrogens is 3. The average molecular weight is 474 g/mol. The molecule has 184 valence electrons. The van der Waals surface area contributed by atoms with E-state index in [4.69, 9.17) is 0 Å². The first-order valence-corrected chi connectivity index (χ1v) is 12.7. The van der Waals surface area contributed by atoms with E-state index in [1.54, 1.807) is 12.1 Å². The van der Waals surface area contributed by atoms with Crippen molar-refractivity contribution in [3.8, 4) is 0 Å². The number of piperidine rings is 1. The number of aromatic amines is 1. The van der Waals surface area contributed by atoms with Gasteiger partial charge in [-0.15, -0.1) is 0 Å². The van der Waals surface area contributed by atoms with Crippen molar-refractivity contribution in [1.29, 1.82) is 0 Å². The van der Waals surface area contributed by atoms with Crippen molar-refractivity contribution < 1.29 is 4.39 Å². The molecular weight excluding hydrogens is 437 g/mol. The molecule has 0 aliphatic carbocycles. The van der Waals surface area contributed by atoms with Gasteiger partial charge in [0.05, 0.1) is 5.69 Å². The van der Waals surface area contributed by atoms with Crippen LogP contribution in [-0.4, -0.2) is 50.7 Å². The quantitative estimate of drug-likeness (QED) is 0.377. The van der Waals surface area contributed by atoms with Gasteiger partial charge in [0.15, 0.2) is 0 Å². The van der Waals surface area contributed by atoms with Crippen molar-refractivity contribution >= 4 is 10.9 Å². The molecule has 1 N–H and O–H groups in total. The van der Waals surface area contributed by atoms with Crippen LogP contribution in [0.5, 0.6) is 0 Å². The number of likely N-dealkylation sites (N-methyl/N-ethyl adjacent to an activating group) is 1. The number of aryl methyl sites for hydroxylation is 2. The Bertz CT molecular complexity index is 1230. The monoisotopic (exact) mass is 473 g/mol. The van der Waals surface area contributed by atoms with Crippen molar-refractivity contribution in [1.82, 2.24) is 24.6 Å². The van der Waals surface area contributed by atoms with Gasteiger partial charge in [0, 0.05) is 49.1 Å². The van der Waals surface area contributed by atoms with E-state index in [-0.39, 0.29) is 11.9 Å². The predicted molar refractivity (Wildman–Crippen MR) is 140 cm³/mol. The van der Waals surface area contributed by atoms with Gasteiger partial charge < -0.3 is 4.98 Å². The van der Waals surface area contributed by atoms with Crippen molar-refractivity contribution in [2.24, 2.45) is 13.0 Å². The van der Waals surface area contributed by atoms with Crippen LogP contribution in [0.2, 0.25) is 0 Å². The van der Waals surface area contributed by atoms with E-state index >= 15 is 0 Å². The first-order valence-electron chi connectivity index (χ1n) is 12.7. The topological polar surface area (TPSA) is 40.1 Å². The minimum absolute atomic E-state index is 0.0975. The van der Waals surface area contributed by atoms with Crippen molar-refractivity contribution in [2.75, 3.05) is 20.1 Å². The fourth-order valence-electron chi connectivity index (χ4n) is 5.72. The minimum atomic E-state index is -0.0975. The van der Waals surface area contributed by atoms with Crippen molar-refractivity contribution in [3.63, 3.8) is 0 Å². The van der Waals surface area contributed by atoms with Gasteiger partial charge in [-0.05, 0) is 81.4 Å². The van der Waals surface area contributed by atoms with Crippen molar-refractivity contribution in [2.45, 2.75) is 45.3 Å². The highest BCUT2D eigenvalue weighted by atomic mass is 19.1. The first kappa shape index (κ1) is 23.8. The molecule has 1 aliphatic heterocycles. The summed E-state index contributed by atoms with van der Waals surface area (Å²) in [6, 6.07) is 18.3. The molecule has 0 bridgehead atoms. The van der Waals surface area contributed by atoms with Gasteiger partial charge in [0.25, 0.3) is 0 Å². The zero-order valence-electron chi connectivity index (χ0n) is 21.0. The zero-order valence-corrected chi connectivity index (χ0v) is 21.0. The second kappa shape index (κ2) is 10.3. The first-order chi connectivity index (χ1) is 17.0. The number of para-hydroxylation sites is 1. The molecule has 2 aromatic carbocycles. The summed E-state index contributed by atoms with van der Waals surface area (Å²) in [5.41, 5.74) is 5.60. The Kier molecular flexibility index (Phi) is 7.02. The second-order valence-corrected chi connectivity index (χ2v) is 10.2. The van der Waals surface area contributed by atoms with Gasteiger partial charge in [-0.2, -0.15) is 5.10 Å². The fraction of sp³-hybridized carbons (Fsp3) is 0.414.